The number of piperazine rings is 1. The van der Waals surface area contributed by atoms with Crippen molar-refractivity contribution in [2.75, 3.05) is 13.1 Å². The lowest BCUT2D eigenvalue weighted by Crippen LogP contribution is -2.67. The Labute approximate surface area is 96.1 Å². The number of carbonyl (C=O) groups is 2. The van der Waals surface area contributed by atoms with Crippen molar-refractivity contribution in [1.82, 2.24) is 10.2 Å². The lowest BCUT2D eigenvalue weighted by molar-refractivity contribution is -0.195. The largest absolute Gasteiger partial charge is 0.415 e. The number of amides is 2. The van der Waals surface area contributed by atoms with E-state index in [0.29, 0.717) is 6.92 Å². The number of alkyl halides is 3. The van der Waals surface area contributed by atoms with Gasteiger partial charge in [0.2, 0.25) is 5.91 Å². The Hall–Kier alpha value is -1.31. The Balaban J connectivity index is 2.93. The number of nitrogens with zero attached hydrogens (tertiary/aromatic N) is 1. The van der Waals surface area contributed by atoms with Gasteiger partial charge in [-0.1, -0.05) is 0 Å². The van der Waals surface area contributed by atoms with Crippen molar-refractivity contribution in [3.8, 4) is 0 Å². The molecule has 0 radical (unpaired) electrons. The third-order valence-electron chi connectivity index (χ3n) is 2.79. The molecule has 2 atom stereocenters. The molecule has 0 aliphatic carbocycles. The number of hydrogen-bond donors (Lipinski definition) is 2. The van der Waals surface area contributed by atoms with Gasteiger partial charge in [-0.05, 0) is 13.8 Å². The summed E-state index contributed by atoms with van der Waals surface area (Å²) in [6, 6.07) is -0.943. The van der Waals surface area contributed by atoms with Gasteiger partial charge in [0.1, 0.15) is 6.04 Å². The van der Waals surface area contributed by atoms with Gasteiger partial charge in [0.25, 0.3) is 5.91 Å². The van der Waals surface area contributed by atoms with E-state index in [2.05, 4.69) is 5.32 Å². The maximum absolute atomic E-state index is 12.6. The first kappa shape index (κ1) is 13.8. The average molecular weight is 253 g/mol. The molecule has 1 saturated heterocycles. The van der Waals surface area contributed by atoms with Crippen LogP contribution in [0.5, 0.6) is 0 Å². The zero-order valence-corrected chi connectivity index (χ0v) is 9.47. The van der Waals surface area contributed by atoms with Gasteiger partial charge < -0.3 is 16.0 Å². The molecule has 0 aromatic rings. The molecular weight excluding hydrogens is 239 g/mol. The minimum atomic E-state index is -4.85. The summed E-state index contributed by atoms with van der Waals surface area (Å²) < 4.78 is 37.8. The lowest BCUT2D eigenvalue weighted by atomic mass is 9.99. The normalized spacial score (nSPS) is 25.2. The molecule has 8 heteroatoms. The Morgan fingerprint density at radius 1 is 1.53 bits per heavy atom. The second-order valence-corrected chi connectivity index (χ2v) is 4.17. The molecule has 3 N–H and O–H groups in total. The van der Waals surface area contributed by atoms with E-state index < -0.39 is 29.6 Å². The van der Waals surface area contributed by atoms with Crippen molar-refractivity contribution in [3.63, 3.8) is 0 Å². The van der Waals surface area contributed by atoms with Crippen LogP contribution in [0.3, 0.4) is 0 Å². The lowest BCUT2D eigenvalue weighted by Gasteiger charge is -2.38. The van der Waals surface area contributed by atoms with Crippen LogP contribution < -0.4 is 11.1 Å². The first-order chi connectivity index (χ1) is 7.59. The molecule has 0 saturated carbocycles. The molecule has 0 bridgehead atoms. The standard InChI is InChI=1S/C9H14F3N3O2/c1-5-6(16)14-3-4-15(5)7(17)8(2,13)9(10,11)12/h5H,3-4,13H2,1-2H3,(H,14,16). The van der Waals surface area contributed by atoms with Crippen molar-refractivity contribution in [2.45, 2.75) is 31.6 Å². The Morgan fingerprint density at radius 3 is 2.53 bits per heavy atom. The molecule has 1 aliphatic heterocycles. The van der Waals surface area contributed by atoms with Crippen LogP contribution in [0.4, 0.5) is 13.2 Å². The van der Waals surface area contributed by atoms with Crippen LogP contribution in [0.25, 0.3) is 0 Å². The number of hydrogen-bond acceptors (Lipinski definition) is 3. The number of rotatable bonds is 1. The fourth-order valence-corrected chi connectivity index (χ4v) is 1.48. The SMILES string of the molecule is CC1C(=O)NCCN1C(=O)C(C)(N)C(F)(F)F. The molecule has 1 fully saturated rings. The zero-order chi connectivity index (χ0) is 13.4. The summed E-state index contributed by atoms with van der Waals surface area (Å²) in [6.07, 6.45) is -4.85. The first-order valence-corrected chi connectivity index (χ1v) is 5.03. The fraction of sp³-hybridized carbons (Fsp3) is 0.778. The van der Waals surface area contributed by atoms with Crippen LogP contribution in [0.2, 0.25) is 0 Å². The minimum Gasteiger partial charge on any atom is -0.353 e. The first-order valence-electron chi connectivity index (χ1n) is 5.03. The van der Waals surface area contributed by atoms with E-state index in [4.69, 9.17) is 5.73 Å². The third-order valence-corrected chi connectivity index (χ3v) is 2.79. The van der Waals surface area contributed by atoms with Gasteiger partial charge >= 0.3 is 6.18 Å². The highest BCUT2D eigenvalue weighted by Gasteiger charge is 2.56. The average Bonchev–Trinajstić information content (AvgIpc) is 2.19. The number of nitrogens with one attached hydrogen (secondary N) is 1. The maximum Gasteiger partial charge on any atom is 0.415 e. The van der Waals surface area contributed by atoms with Gasteiger partial charge in [-0.2, -0.15) is 13.2 Å². The molecule has 0 spiro atoms. The highest BCUT2D eigenvalue weighted by Crippen LogP contribution is 2.30. The Kier molecular flexibility index (Phi) is 3.37. The van der Waals surface area contributed by atoms with Crippen molar-refractivity contribution >= 4 is 11.8 Å². The predicted octanol–water partition coefficient (Wildman–Crippen LogP) is -0.387. The molecule has 5 nitrogen and oxygen atoms in total. The summed E-state index contributed by atoms with van der Waals surface area (Å²) in [4.78, 5) is 23.8. The van der Waals surface area contributed by atoms with Gasteiger partial charge in [0.15, 0.2) is 5.54 Å². The van der Waals surface area contributed by atoms with E-state index in [1.165, 1.54) is 6.92 Å². The molecule has 2 amide bonds. The van der Waals surface area contributed by atoms with Gasteiger partial charge in [0, 0.05) is 13.1 Å². The fourth-order valence-electron chi connectivity index (χ4n) is 1.48. The molecule has 1 aliphatic rings. The molecule has 17 heavy (non-hydrogen) atoms. The van der Waals surface area contributed by atoms with Crippen molar-refractivity contribution in [1.29, 1.82) is 0 Å². The summed E-state index contributed by atoms with van der Waals surface area (Å²) in [5.41, 5.74) is 2.05. The van der Waals surface area contributed by atoms with E-state index in [0.717, 1.165) is 4.90 Å². The van der Waals surface area contributed by atoms with E-state index in [1.54, 1.807) is 0 Å². The quantitative estimate of drug-likeness (QED) is 0.668. The monoisotopic (exact) mass is 253 g/mol. The predicted molar refractivity (Wildman–Crippen MR) is 52.8 cm³/mol. The second-order valence-electron chi connectivity index (χ2n) is 4.17. The smallest absolute Gasteiger partial charge is 0.353 e. The summed E-state index contributed by atoms with van der Waals surface area (Å²) in [5.74, 6) is -1.77. The Bertz CT molecular complexity index is 341. The molecule has 1 rings (SSSR count). The molecule has 2 unspecified atom stereocenters. The van der Waals surface area contributed by atoms with Crippen LogP contribution in [0, 0.1) is 0 Å². The molecule has 0 aromatic heterocycles. The van der Waals surface area contributed by atoms with Crippen LogP contribution in [-0.4, -0.2) is 47.6 Å². The summed E-state index contributed by atoms with van der Waals surface area (Å²) in [7, 11) is 0. The summed E-state index contributed by atoms with van der Waals surface area (Å²) in [5, 5.41) is 2.45. The number of nitrogens with two attached hydrogens (primary N) is 1. The molecular formula is C9H14F3N3O2. The molecule has 1 heterocycles. The van der Waals surface area contributed by atoms with Crippen molar-refractivity contribution < 1.29 is 22.8 Å². The second kappa shape index (κ2) is 4.17. The van der Waals surface area contributed by atoms with E-state index >= 15 is 0 Å². The topological polar surface area (TPSA) is 75.4 Å². The van der Waals surface area contributed by atoms with Crippen LogP contribution >= 0.6 is 0 Å². The van der Waals surface area contributed by atoms with Gasteiger partial charge in [-0.3, -0.25) is 9.59 Å². The van der Waals surface area contributed by atoms with Gasteiger partial charge in [0.05, 0.1) is 0 Å². The molecule has 0 aromatic carbocycles. The van der Waals surface area contributed by atoms with Crippen LogP contribution in [0.1, 0.15) is 13.8 Å². The highest BCUT2D eigenvalue weighted by molar-refractivity contribution is 5.93. The van der Waals surface area contributed by atoms with Crippen molar-refractivity contribution in [2.24, 2.45) is 5.73 Å². The zero-order valence-electron chi connectivity index (χ0n) is 9.47. The minimum absolute atomic E-state index is 0.0224. The highest BCUT2D eigenvalue weighted by atomic mass is 19.4. The van der Waals surface area contributed by atoms with E-state index in [1.807, 2.05) is 0 Å². The van der Waals surface area contributed by atoms with Gasteiger partial charge in [-0.15, -0.1) is 0 Å². The van der Waals surface area contributed by atoms with E-state index in [9.17, 15) is 22.8 Å². The number of carbonyl (C=O) groups excluding carboxylic acids is 2. The Morgan fingerprint density at radius 2 is 2.06 bits per heavy atom. The maximum atomic E-state index is 12.6. The van der Waals surface area contributed by atoms with Gasteiger partial charge in [-0.25, -0.2) is 0 Å². The van der Waals surface area contributed by atoms with Crippen LogP contribution in [-0.2, 0) is 9.59 Å². The van der Waals surface area contributed by atoms with E-state index in [-0.39, 0.29) is 13.1 Å². The van der Waals surface area contributed by atoms with Crippen molar-refractivity contribution in [3.05, 3.63) is 0 Å². The van der Waals surface area contributed by atoms with Crippen LogP contribution in [0.15, 0.2) is 0 Å². The summed E-state index contributed by atoms with van der Waals surface area (Å²) >= 11 is 0. The third kappa shape index (κ3) is 2.36. The summed E-state index contributed by atoms with van der Waals surface area (Å²) in [6.45, 7) is 2.12. The number of halogens is 3. The molecule has 98 valence electrons.